The van der Waals surface area contributed by atoms with Crippen molar-refractivity contribution in [3.63, 3.8) is 0 Å². The molecule has 2 aromatic carbocycles. The summed E-state index contributed by atoms with van der Waals surface area (Å²) < 4.78 is 1.80. The number of thioether (sulfide) groups is 1. The van der Waals surface area contributed by atoms with Crippen LogP contribution in [0.1, 0.15) is 11.1 Å². The molecule has 0 saturated heterocycles. The minimum Gasteiger partial charge on any atom is -0.220 e. The third-order valence-electron chi connectivity index (χ3n) is 2.94. The Morgan fingerprint density at radius 3 is 2.70 bits per heavy atom. The second-order valence-electron chi connectivity index (χ2n) is 4.58. The predicted molar refractivity (Wildman–Crippen MR) is 82.1 cm³/mol. The largest absolute Gasteiger partial charge is 0.220 e. The molecule has 4 heteroatoms. The average Bonchev–Trinajstić information content (AvgIpc) is 2.95. The fraction of sp³-hybridized carbons (Fsp3) is 0.125. The van der Waals surface area contributed by atoms with E-state index >= 15 is 0 Å². The monoisotopic (exact) mass is 281 g/mol. The van der Waals surface area contributed by atoms with Gasteiger partial charge in [0.1, 0.15) is 6.33 Å². The van der Waals surface area contributed by atoms with Gasteiger partial charge in [0.15, 0.2) is 0 Å². The number of benzene rings is 2. The number of hydrogen-bond acceptors (Lipinski definition) is 3. The lowest BCUT2D eigenvalue weighted by Crippen LogP contribution is -1.93. The molecule has 0 aliphatic rings. The maximum atomic E-state index is 4.49. The molecule has 0 aliphatic heterocycles. The lowest BCUT2D eigenvalue weighted by molar-refractivity contribution is 0.834. The molecule has 0 radical (unpaired) electrons. The Morgan fingerprint density at radius 1 is 1.05 bits per heavy atom. The van der Waals surface area contributed by atoms with Crippen molar-refractivity contribution in [2.75, 3.05) is 0 Å². The van der Waals surface area contributed by atoms with E-state index < -0.39 is 0 Å². The maximum Gasteiger partial charge on any atom is 0.209 e. The quantitative estimate of drug-likeness (QED) is 0.680. The molecule has 0 saturated carbocycles. The molecule has 0 fully saturated rings. The standard InChI is InChI=1S/C16H15N3S/c1-13-6-5-7-14(10-13)11-20-16-17-12-19(18-16)15-8-3-2-4-9-15/h2-10,12H,11H2,1H3. The van der Waals surface area contributed by atoms with Crippen LogP contribution in [0.15, 0.2) is 66.1 Å². The third-order valence-corrected chi connectivity index (χ3v) is 3.86. The second kappa shape index (κ2) is 5.92. The zero-order valence-corrected chi connectivity index (χ0v) is 12.0. The van der Waals surface area contributed by atoms with E-state index in [9.17, 15) is 0 Å². The van der Waals surface area contributed by atoms with Crippen molar-refractivity contribution in [1.29, 1.82) is 0 Å². The Morgan fingerprint density at radius 2 is 1.90 bits per heavy atom. The molecular formula is C16H15N3S. The van der Waals surface area contributed by atoms with Crippen molar-refractivity contribution in [3.8, 4) is 5.69 Å². The third kappa shape index (κ3) is 3.08. The van der Waals surface area contributed by atoms with Gasteiger partial charge in [0.05, 0.1) is 5.69 Å². The Bertz CT molecular complexity index is 692. The van der Waals surface area contributed by atoms with Gasteiger partial charge in [-0.3, -0.25) is 0 Å². The zero-order valence-electron chi connectivity index (χ0n) is 11.2. The summed E-state index contributed by atoms with van der Waals surface area (Å²) in [6.07, 6.45) is 1.76. The number of para-hydroxylation sites is 1. The number of hydrogen-bond donors (Lipinski definition) is 0. The van der Waals surface area contributed by atoms with Crippen LogP contribution in [-0.4, -0.2) is 14.8 Å². The molecule has 3 rings (SSSR count). The van der Waals surface area contributed by atoms with E-state index in [1.165, 1.54) is 11.1 Å². The Kier molecular flexibility index (Phi) is 3.83. The molecule has 0 N–H and O–H groups in total. The van der Waals surface area contributed by atoms with Gasteiger partial charge in [-0.25, -0.2) is 9.67 Å². The van der Waals surface area contributed by atoms with Gasteiger partial charge in [-0.2, -0.15) is 0 Å². The molecular weight excluding hydrogens is 266 g/mol. The van der Waals surface area contributed by atoms with Crippen molar-refractivity contribution in [1.82, 2.24) is 14.8 Å². The molecule has 20 heavy (non-hydrogen) atoms. The van der Waals surface area contributed by atoms with Gasteiger partial charge < -0.3 is 0 Å². The van der Waals surface area contributed by atoms with Crippen LogP contribution in [0.25, 0.3) is 5.69 Å². The highest BCUT2D eigenvalue weighted by atomic mass is 32.2. The minimum atomic E-state index is 0.801. The molecule has 0 amide bonds. The van der Waals surface area contributed by atoms with Crippen LogP contribution < -0.4 is 0 Å². The fourth-order valence-electron chi connectivity index (χ4n) is 1.97. The van der Waals surface area contributed by atoms with Crippen LogP contribution in [0.4, 0.5) is 0 Å². The smallest absolute Gasteiger partial charge is 0.209 e. The summed E-state index contributed by atoms with van der Waals surface area (Å²) in [6.45, 7) is 2.11. The molecule has 0 bridgehead atoms. The van der Waals surface area contributed by atoms with Crippen molar-refractivity contribution in [3.05, 3.63) is 72.1 Å². The van der Waals surface area contributed by atoms with Crippen LogP contribution in [0, 0.1) is 6.92 Å². The molecule has 0 unspecified atom stereocenters. The normalized spacial score (nSPS) is 10.7. The summed E-state index contributed by atoms with van der Waals surface area (Å²) >= 11 is 1.65. The van der Waals surface area contributed by atoms with Crippen molar-refractivity contribution in [2.24, 2.45) is 0 Å². The lowest BCUT2D eigenvalue weighted by Gasteiger charge is -2.00. The second-order valence-corrected chi connectivity index (χ2v) is 5.53. The van der Waals surface area contributed by atoms with Gasteiger partial charge in [-0.05, 0) is 24.6 Å². The summed E-state index contributed by atoms with van der Waals surface area (Å²) in [5.41, 5.74) is 3.61. The molecule has 100 valence electrons. The summed E-state index contributed by atoms with van der Waals surface area (Å²) in [5, 5.41) is 5.29. The SMILES string of the molecule is Cc1cccc(CSc2ncn(-c3ccccc3)n2)c1. The van der Waals surface area contributed by atoms with E-state index in [4.69, 9.17) is 0 Å². The van der Waals surface area contributed by atoms with Gasteiger partial charge in [0.2, 0.25) is 5.16 Å². The van der Waals surface area contributed by atoms with Crippen LogP contribution in [-0.2, 0) is 5.75 Å². The van der Waals surface area contributed by atoms with E-state index in [0.717, 1.165) is 16.6 Å². The van der Waals surface area contributed by atoms with Crippen molar-refractivity contribution >= 4 is 11.8 Å². The van der Waals surface area contributed by atoms with Crippen LogP contribution >= 0.6 is 11.8 Å². The van der Waals surface area contributed by atoms with Gasteiger partial charge in [0, 0.05) is 5.75 Å². The molecule has 1 heterocycles. The molecule has 0 atom stereocenters. The predicted octanol–water partition coefficient (Wildman–Crippen LogP) is 3.87. The number of rotatable bonds is 4. The van der Waals surface area contributed by atoms with Gasteiger partial charge in [0.25, 0.3) is 0 Å². The first kappa shape index (κ1) is 12.9. The lowest BCUT2D eigenvalue weighted by atomic mass is 10.2. The van der Waals surface area contributed by atoms with Crippen molar-refractivity contribution < 1.29 is 0 Å². The zero-order chi connectivity index (χ0) is 13.8. The van der Waals surface area contributed by atoms with Crippen LogP contribution in [0.2, 0.25) is 0 Å². The highest BCUT2D eigenvalue weighted by Gasteiger charge is 2.03. The van der Waals surface area contributed by atoms with E-state index in [2.05, 4.69) is 41.3 Å². The number of aryl methyl sites for hydroxylation is 1. The molecule has 1 aromatic heterocycles. The Hall–Kier alpha value is -2.07. The van der Waals surface area contributed by atoms with Gasteiger partial charge >= 0.3 is 0 Å². The summed E-state index contributed by atoms with van der Waals surface area (Å²) in [6, 6.07) is 18.5. The first-order valence-corrected chi connectivity index (χ1v) is 7.45. The number of aromatic nitrogens is 3. The molecule has 0 aliphatic carbocycles. The number of nitrogens with zero attached hydrogens (tertiary/aromatic N) is 3. The average molecular weight is 281 g/mol. The van der Waals surface area contributed by atoms with Crippen LogP contribution in [0.3, 0.4) is 0 Å². The summed E-state index contributed by atoms with van der Waals surface area (Å²) in [5.74, 6) is 0.889. The van der Waals surface area contributed by atoms with Gasteiger partial charge in [-0.15, -0.1) is 5.10 Å². The van der Waals surface area contributed by atoms with E-state index in [-0.39, 0.29) is 0 Å². The van der Waals surface area contributed by atoms with Crippen LogP contribution in [0.5, 0.6) is 0 Å². The van der Waals surface area contributed by atoms with Crippen molar-refractivity contribution in [2.45, 2.75) is 17.8 Å². The first-order valence-electron chi connectivity index (χ1n) is 6.47. The topological polar surface area (TPSA) is 30.7 Å². The summed E-state index contributed by atoms with van der Waals surface area (Å²) in [4.78, 5) is 4.34. The van der Waals surface area contributed by atoms with Gasteiger partial charge in [-0.1, -0.05) is 59.8 Å². The maximum absolute atomic E-state index is 4.49. The molecule has 3 nitrogen and oxygen atoms in total. The molecule has 3 aromatic rings. The Balaban J connectivity index is 1.69. The minimum absolute atomic E-state index is 0.801. The highest BCUT2D eigenvalue weighted by molar-refractivity contribution is 7.98. The Labute approximate surface area is 122 Å². The highest BCUT2D eigenvalue weighted by Crippen LogP contribution is 2.20. The molecule has 0 spiro atoms. The van der Waals surface area contributed by atoms with E-state index in [1.807, 2.05) is 30.3 Å². The van der Waals surface area contributed by atoms with E-state index in [1.54, 1.807) is 22.8 Å². The van der Waals surface area contributed by atoms with E-state index in [0.29, 0.717) is 0 Å². The first-order chi connectivity index (χ1) is 9.81. The summed E-state index contributed by atoms with van der Waals surface area (Å²) in [7, 11) is 0. The fourth-order valence-corrected chi connectivity index (χ4v) is 2.71.